The van der Waals surface area contributed by atoms with Crippen LogP contribution in [0, 0.1) is 0 Å². The minimum absolute atomic E-state index is 0.349. The van der Waals surface area contributed by atoms with Gasteiger partial charge in [-0.25, -0.2) is 4.98 Å². The molecule has 22 heavy (non-hydrogen) atoms. The second-order valence-corrected chi connectivity index (χ2v) is 4.79. The highest BCUT2D eigenvalue weighted by Crippen LogP contribution is 2.32. The Bertz CT molecular complexity index is 627. The number of anilines is 2. The molecule has 116 valence electrons. The Balaban J connectivity index is 1.81. The molecule has 2 heterocycles. The molecule has 0 spiro atoms. The summed E-state index contributed by atoms with van der Waals surface area (Å²) in [5, 5.41) is 0. The summed E-state index contributed by atoms with van der Waals surface area (Å²) in [5.74, 6) is 2.43. The number of aromatic nitrogens is 2. The number of morpholine rings is 1. The van der Waals surface area contributed by atoms with Crippen molar-refractivity contribution in [3.05, 3.63) is 30.6 Å². The molecule has 0 aliphatic carbocycles. The van der Waals surface area contributed by atoms with E-state index in [4.69, 9.17) is 19.9 Å². The summed E-state index contributed by atoms with van der Waals surface area (Å²) in [6.07, 6.45) is 1.46. The standard InChI is InChI=1S/C15H18N4O3/c1-20-11-2-4-12(5-3-11)22-15-13(16)14(17-10-18-15)19-6-8-21-9-7-19/h2-5,10H,6-9,16H2,1H3. The van der Waals surface area contributed by atoms with Gasteiger partial charge in [0.25, 0.3) is 0 Å². The van der Waals surface area contributed by atoms with Crippen molar-refractivity contribution >= 4 is 11.5 Å². The van der Waals surface area contributed by atoms with Gasteiger partial charge in [0.15, 0.2) is 5.82 Å². The lowest BCUT2D eigenvalue weighted by atomic mass is 10.3. The molecule has 0 amide bonds. The van der Waals surface area contributed by atoms with Crippen molar-refractivity contribution in [2.75, 3.05) is 44.0 Å². The average molecular weight is 302 g/mol. The number of nitrogen functional groups attached to an aromatic ring is 1. The summed E-state index contributed by atoms with van der Waals surface area (Å²) in [4.78, 5) is 10.5. The maximum absolute atomic E-state index is 6.16. The molecule has 1 aromatic carbocycles. The predicted molar refractivity (Wildman–Crippen MR) is 82.5 cm³/mol. The molecule has 7 nitrogen and oxygen atoms in total. The number of methoxy groups -OCH3 is 1. The molecule has 0 saturated carbocycles. The third-order valence-corrected chi connectivity index (χ3v) is 3.41. The van der Waals surface area contributed by atoms with Crippen LogP contribution >= 0.6 is 0 Å². The lowest BCUT2D eigenvalue weighted by molar-refractivity contribution is 0.122. The molecule has 0 unspecified atom stereocenters. The predicted octanol–water partition coefficient (Wildman–Crippen LogP) is 1.70. The third-order valence-electron chi connectivity index (χ3n) is 3.41. The first kappa shape index (κ1) is 14.4. The first-order chi connectivity index (χ1) is 10.8. The summed E-state index contributed by atoms with van der Waals surface area (Å²) >= 11 is 0. The second kappa shape index (κ2) is 6.48. The van der Waals surface area contributed by atoms with E-state index in [2.05, 4.69) is 14.9 Å². The van der Waals surface area contributed by atoms with Gasteiger partial charge in [0.05, 0.1) is 20.3 Å². The molecule has 0 bridgehead atoms. The summed E-state index contributed by atoms with van der Waals surface area (Å²) in [6, 6.07) is 7.23. The van der Waals surface area contributed by atoms with E-state index < -0.39 is 0 Å². The number of hydrogen-bond acceptors (Lipinski definition) is 7. The van der Waals surface area contributed by atoms with Crippen molar-refractivity contribution in [3.8, 4) is 17.4 Å². The van der Waals surface area contributed by atoms with Gasteiger partial charge >= 0.3 is 0 Å². The molecule has 2 N–H and O–H groups in total. The van der Waals surface area contributed by atoms with Crippen molar-refractivity contribution in [1.82, 2.24) is 9.97 Å². The van der Waals surface area contributed by atoms with E-state index in [1.807, 2.05) is 12.1 Å². The monoisotopic (exact) mass is 302 g/mol. The van der Waals surface area contributed by atoms with Gasteiger partial charge in [-0.1, -0.05) is 0 Å². The molecule has 2 aromatic rings. The van der Waals surface area contributed by atoms with Crippen LogP contribution in [0.1, 0.15) is 0 Å². The summed E-state index contributed by atoms with van der Waals surface area (Å²) in [7, 11) is 1.62. The largest absolute Gasteiger partial charge is 0.497 e. The SMILES string of the molecule is COc1ccc(Oc2ncnc(N3CCOCC3)c2N)cc1. The lowest BCUT2D eigenvalue weighted by Gasteiger charge is -2.28. The van der Waals surface area contributed by atoms with E-state index in [0.717, 1.165) is 18.8 Å². The molecule has 0 radical (unpaired) electrons. The van der Waals surface area contributed by atoms with Crippen molar-refractivity contribution in [3.63, 3.8) is 0 Å². The molecule has 1 fully saturated rings. The first-order valence-electron chi connectivity index (χ1n) is 7.03. The van der Waals surface area contributed by atoms with Crippen LogP contribution in [0.15, 0.2) is 30.6 Å². The van der Waals surface area contributed by atoms with Gasteiger partial charge in [0.1, 0.15) is 23.5 Å². The summed E-state index contributed by atoms with van der Waals surface area (Å²) in [5.41, 5.74) is 6.59. The van der Waals surface area contributed by atoms with Crippen LogP contribution in [0.5, 0.6) is 17.4 Å². The second-order valence-electron chi connectivity index (χ2n) is 4.79. The van der Waals surface area contributed by atoms with Crippen LogP contribution in [-0.4, -0.2) is 43.4 Å². The van der Waals surface area contributed by atoms with Crippen LogP contribution in [0.25, 0.3) is 0 Å². The quantitative estimate of drug-likeness (QED) is 0.920. The minimum Gasteiger partial charge on any atom is -0.497 e. The molecule has 1 aliphatic rings. The van der Waals surface area contributed by atoms with E-state index in [-0.39, 0.29) is 0 Å². The van der Waals surface area contributed by atoms with Gasteiger partial charge in [0, 0.05) is 13.1 Å². The smallest absolute Gasteiger partial charge is 0.248 e. The van der Waals surface area contributed by atoms with Crippen LogP contribution in [-0.2, 0) is 4.74 Å². The number of nitrogens with zero attached hydrogens (tertiary/aromatic N) is 3. The molecule has 1 saturated heterocycles. The van der Waals surface area contributed by atoms with Gasteiger partial charge in [-0.2, -0.15) is 4.98 Å². The van der Waals surface area contributed by atoms with E-state index in [1.165, 1.54) is 6.33 Å². The van der Waals surface area contributed by atoms with E-state index in [1.54, 1.807) is 19.2 Å². The lowest BCUT2D eigenvalue weighted by Crippen LogP contribution is -2.37. The molecule has 7 heteroatoms. The Morgan fingerprint density at radius 2 is 1.77 bits per heavy atom. The van der Waals surface area contributed by atoms with Crippen molar-refractivity contribution in [2.24, 2.45) is 0 Å². The summed E-state index contributed by atoms with van der Waals surface area (Å²) < 4.78 is 16.2. The fourth-order valence-electron chi connectivity index (χ4n) is 2.23. The number of ether oxygens (including phenoxy) is 3. The Morgan fingerprint density at radius 3 is 2.45 bits per heavy atom. The van der Waals surface area contributed by atoms with Crippen LogP contribution < -0.4 is 20.1 Å². The highest BCUT2D eigenvalue weighted by Gasteiger charge is 2.18. The Morgan fingerprint density at radius 1 is 1.09 bits per heavy atom. The molecule has 3 rings (SSSR count). The van der Waals surface area contributed by atoms with Gasteiger partial charge < -0.3 is 24.8 Å². The van der Waals surface area contributed by atoms with Crippen molar-refractivity contribution in [1.29, 1.82) is 0 Å². The maximum atomic E-state index is 6.16. The van der Waals surface area contributed by atoms with E-state index >= 15 is 0 Å². The minimum atomic E-state index is 0.349. The number of hydrogen-bond donors (Lipinski definition) is 1. The summed E-state index contributed by atoms with van der Waals surface area (Å²) in [6.45, 7) is 2.84. The Hall–Kier alpha value is -2.54. The Kier molecular flexibility index (Phi) is 4.24. The van der Waals surface area contributed by atoms with Gasteiger partial charge in [-0.05, 0) is 24.3 Å². The average Bonchev–Trinajstić information content (AvgIpc) is 2.58. The highest BCUT2D eigenvalue weighted by atomic mass is 16.5. The van der Waals surface area contributed by atoms with E-state index in [0.29, 0.717) is 36.3 Å². The van der Waals surface area contributed by atoms with Gasteiger partial charge in [-0.3, -0.25) is 0 Å². The molecular weight excluding hydrogens is 284 g/mol. The topological polar surface area (TPSA) is 82.7 Å². The molecule has 0 atom stereocenters. The maximum Gasteiger partial charge on any atom is 0.248 e. The van der Waals surface area contributed by atoms with Gasteiger partial charge in [0.2, 0.25) is 5.88 Å². The van der Waals surface area contributed by atoms with Crippen LogP contribution in [0.4, 0.5) is 11.5 Å². The van der Waals surface area contributed by atoms with Crippen LogP contribution in [0.2, 0.25) is 0 Å². The highest BCUT2D eigenvalue weighted by molar-refractivity contribution is 5.68. The third kappa shape index (κ3) is 3.04. The van der Waals surface area contributed by atoms with Crippen LogP contribution in [0.3, 0.4) is 0 Å². The Labute approximate surface area is 128 Å². The normalized spacial score (nSPS) is 14.7. The number of rotatable bonds is 4. The first-order valence-corrected chi connectivity index (χ1v) is 7.03. The zero-order valence-corrected chi connectivity index (χ0v) is 12.4. The molecule has 1 aromatic heterocycles. The fraction of sp³-hybridized carbons (Fsp3) is 0.333. The number of benzene rings is 1. The zero-order valence-electron chi connectivity index (χ0n) is 12.4. The zero-order chi connectivity index (χ0) is 15.4. The van der Waals surface area contributed by atoms with Crippen molar-refractivity contribution < 1.29 is 14.2 Å². The fourth-order valence-corrected chi connectivity index (χ4v) is 2.23. The molecular formula is C15H18N4O3. The number of nitrogens with two attached hydrogens (primary N) is 1. The van der Waals surface area contributed by atoms with Gasteiger partial charge in [-0.15, -0.1) is 0 Å². The van der Waals surface area contributed by atoms with E-state index in [9.17, 15) is 0 Å². The molecule has 1 aliphatic heterocycles. The van der Waals surface area contributed by atoms with Crippen molar-refractivity contribution in [2.45, 2.75) is 0 Å².